The van der Waals surface area contributed by atoms with Gasteiger partial charge in [0.05, 0.1) is 16.7 Å². The van der Waals surface area contributed by atoms with Gasteiger partial charge in [-0.05, 0) is 25.2 Å². The lowest BCUT2D eigenvalue weighted by molar-refractivity contribution is -0.134. The van der Waals surface area contributed by atoms with E-state index < -0.39 is 0 Å². The fraction of sp³-hybridized carbons (Fsp3) is 0.750. The van der Waals surface area contributed by atoms with Crippen molar-refractivity contribution in [2.24, 2.45) is 5.73 Å². The average molecular weight is 346 g/mol. The molecule has 0 aromatic carbocycles. The lowest BCUT2D eigenvalue weighted by Crippen LogP contribution is -2.47. The number of rotatable bonds is 5. The molecule has 22 heavy (non-hydrogen) atoms. The second kappa shape index (κ2) is 8.85. The number of amides is 1. The number of nitrogens with zero attached hydrogens (tertiary/aromatic N) is 2. The molecule has 6 heteroatoms. The molecule has 1 aromatic heterocycles. The molecule has 2 N–H and O–H groups in total. The standard InChI is InChI=1S/C16H27N3OS.ClH/c1-4-6-13(17)16(20)19-8-5-7-12(9-19)15-18-14(10-21-15)11(2)3;/h10-13H,4-9,17H2,1-3H3;1H. The van der Waals surface area contributed by atoms with E-state index in [0.717, 1.165) is 38.8 Å². The SMILES string of the molecule is CCCC(N)C(=O)N1CCCC(c2nc(C(C)C)cs2)C1.Cl. The summed E-state index contributed by atoms with van der Waals surface area (Å²) in [6.45, 7) is 8.02. The highest BCUT2D eigenvalue weighted by Crippen LogP contribution is 2.31. The quantitative estimate of drug-likeness (QED) is 0.888. The van der Waals surface area contributed by atoms with E-state index in [1.54, 1.807) is 11.3 Å². The van der Waals surface area contributed by atoms with Crippen molar-refractivity contribution in [3.63, 3.8) is 0 Å². The molecule has 1 aliphatic heterocycles. The minimum Gasteiger partial charge on any atom is -0.341 e. The Bertz CT molecular complexity index is 478. The van der Waals surface area contributed by atoms with Crippen LogP contribution in [0.5, 0.6) is 0 Å². The van der Waals surface area contributed by atoms with Gasteiger partial charge in [-0.2, -0.15) is 0 Å². The molecule has 2 heterocycles. The maximum Gasteiger partial charge on any atom is 0.239 e. The predicted octanol–water partition coefficient (Wildman–Crippen LogP) is 3.52. The van der Waals surface area contributed by atoms with Gasteiger partial charge in [0.25, 0.3) is 0 Å². The van der Waals surface area contributed by atoms with Crippen molar-refractivity contribution < 1.29 is 4.79 Å². The molecule has 1 aliphatic rings. The zero-order valence-corrected chi connectivity index (χ0v) is 15.4. The second-order valence-electron chi connectivity index (χ2n) is 6.28. The van der Waals surface area contributed by atoms with Gasteiger partial charge in [-0.25, -0.2) is 4.98 Å². The largest absolute Gasteiger partial charge is 0.341 e. The smallest absolute Gasteiger partial charge is 0.239 e. The highest BCUT2D eigenvalue weighted by atomic mass is 35.5. The summed E-state index contributed by atoms with van der Waals surface area (Å²) >= 11 is 1.74. The van der Waals surface area contributed by atoms with Crippen LogP contribution in [0.1, 0.15) is 69.0 Å². The predicted molar refractivity (Wildman–Crippen MR) is 94.9 cm³/mol. The van der Waals surface area contributed by atoms with E-state index in [9.17, 15) is 4.79 Å². The van der Waals surface area contributed by atoms with Crippen LogP contribution in [0.2, 0.25) is 0 Å². The monoisotopic (exact) mass is 345 g/mol. The highest BCUT2D eigenvalue weighted by molar-refractivity contribution is 7.09. The summed E-state index contributed by atoms with van der Waals surface area (Å²) in [7, 11) is 0. The number of thiazole rings is 1. The van der Waals surface area contributed by atoms with Crippen LogP contribution in [0.25, 0.3) is 0 Å². The second-order valence-corrected chi connectivity index (χ2v) is 7.17. The van der Waals surface area contributed by atoms with Crippen LogP contribution in [-0.4, -0.2) is 34.9 Å². The highest BCUT2D eigenvalue weighted by Gasteiger charge is 2.29. The molecule has 1 fully saturated rings. The van der Waals surface area contributed by atoms with Gasteiger partial charge >= 0.3 is 0 Å². The van der Waals surface area contributed by atoms with Crippen LogP contribution in [0.4, 0.5) is 0 Å². The van der Waals surface area contributed by atoms with Crippen molar-refractivity contribution in [3.05, 3.63) is 16.1 Å². The Morgan fingerprint density at radius 1 is 1.55 bits per heavy atom. The van der Waals surface area contributed by atoms with E-state index in [1.165, 1.54) is 10.7 Å². The number of hydrogen-bond donors (Lipinski definition) is 1. The molecule has 4 nitrogen and oxygen atoms in total. The Balaban J connectivity index is 0.00000242. The summed E-state index contributed by atoms with van der Waals surface area (Å²) < 4.78 is 0. The van der Waals surface area contributed by atoms with Gasteiger partial charge in [0.15, 0.2) is 0 Å². The van der Waals surface area contributed by atoms with Gasteiger partial charge in [-0.3, -0.25) is 4.79 Å². The topological polar surface area (TPSA) is 59.2 Å². The Morgan fingerprint density at radius 2 is 2.27 bits per heavy atom. The first-order chi connectivity index (χ1) is 10.0. The first-order valence-electron chi connectivity index (χ1n) is 8.02. The van der Waals surface area contributed by atoms with Crippen molar-refractivity contribution in [2.45, 2.75) is 64.3 Å². The maximum atomic E-state index is 12.4. The first kappa shape index (κ1) is 19.4. The maximum absolute atomic E-state index is 12.4. The number of carbonyl (C=O) groups is 1. The molecule has 2 atom stereocenters. The molecule has 1 amide bonds. The minimum absolute atomic E-state index is 0. The van der Waals surface area contributed by atoms with Crippen LogP contribution >= 0.6 is 23.7 Å². The number of likely N-dealkylation sites (tertiary alicyclic amines) is 1. The summed E-state index contributed by atoms with van der Waals surface area (Å²) in [4.78, 5) is 19.1. The van der Waals surface area contributed by atoms with Gasteiger partial charge in [0, 0.05) is 24.4 Å². The van der Waals surface area contributed by atoms with Crippen LogP contribution in [0.3, 0.4) is 0 Å². The lowest BCUT2D eigenvalue weighted by Gasteiger charge is -2.33. The van der Waals surface area contributed by atoms with E-state index in [0.29, 0.717) is 11.8 Å². The summed E-state index contributed by atoms with van der Waals surface area (Å²) in [6, 6.07) is -0.337. The number of hydrogen-bond acceptors (Lipinski definition) is 4. The molecular formula is C16H28ClN3OS. The molecule has 1 aromatic rings. The summed E-state index contributed by atoms with van der Waals surface area (Å²) in [5, 5.41) is 3.34. The molecular weight excluding hydrogens is 318 g/mol. The van der Waals surface area contributed by atoms with Crippen LogP contribution < -0.4 is 5.73 Å². The van der Waals surface area contributed by atoms with Crippen molar-refractivity contribution in [3.8, 4) is 0 Å². The third-order valence-corrected chi connectivity index (χ3v) is 5.16. The Labute approximate surface area is 143 Å². The fourth-order valence-electron chi connectivity index (χ4n) is 2.80. The summed E-state index contributed by atoms with van der Waals surface area (Å²) in [6.07, 6.45) is 3.90. The van der Waals surface area contributed by atoms with Gasteiger partial charge < -0.3 is 10.6 Å². The average Bonchev–Trinajstić information content (AvgIpc) is 2.97. The van der Waals surface area contributed by atoms with Gasteiger partial charge in [-0.1, -0.05) is 27.2 Å². The Morgan fingerprint density at radius 3 is 2.86 bits per heavy atom. The van der Waals surface area contributed by atoms with Crippen molar-refractivity contribution >= 4 is 29.7 Å². The molecule has 0 radical (unpaired) electrons. The van der Waals surface area contributed by atoms with Crippen molar-refractivity contribution in [1.82, 2.24) is 9.88 Å². The zero-order valence-electron chi connectivity index (χ0n) is 13.7. The fourth-order valence-corrected chi connectivity index (χ4v) is 3.91. The number of carbonyl (C=O) groups excluding carboxylic acids is 1. The minimum atomic E-state index is -0.337. The Kier molecular flexibility index (Phi) is 7.80. The third kappa shape index (κ3) is 4.67. The van der Waals surface area contributed by atoms with E-state index in [4.69, 9.17) is 10.7 Å². The van der Waals surface area contributed by atoms with E-state index in [-0.39, 0.29) is 24.4 Å². The van der Waals surface area contributed by atoms with E-state index in [2.05, 4.69) is 26.2 Å². The van der Waals surface area contributed by atoms with Crippen molar-refractivity contribution in [1.29, 1.82) is 0 Å². The van der Waals surface area contributed by atoms with Gasteiger partial charge in [0.1, 0.15) is 0 Å². The molecule has 0 aliphatic carbocycles. The molecule has 0 saturated carbocycles. The molecule has 126 valence electrons. The first-order valence-corrected chi connectivity index (χ1v) is 8.90. The molecule has 1 saturated heterocycles. The van der Waals surface area contributed by atoms with E-state index >= 15 is 0 Å². The molecule has 2 rings (SSSR count). The van der Waals surface area contributed by atoms with Gasteiger partial charge in [-0.15, -0.1) is 23.7 Å². The molecule has 2 unspecified atom stereocenters. The van der Waals surface area contributed by atoms with Gasteiger partial charge in [0.2, 0.25) is 5.91 Å². The van der Waals surface area contributed by atoms with Crippen molar-refractivity contribution in [2.75, 3.05) is 13.1 Å². The van der Waals surface area contributed by atoms with Crippen LogP contribution in [0.15, 0.2) is 5.38 Å². The van der Waals surface area contributed by atoms with Crippen LogP contribution in [-0.2, 0) is 4.79 Å². The number of aromatic nitrogens is 1. The Hall–Kier alpha value is -0.650. The third-order valence-electron chi connectivity index (χ3n) is 4.13. The normalized spacial score (nSPS) is 19.9. The number of piperidine rings is 1. The van der Waals surface area contributed by atoms with E-state index in [1.807, 2.05) is 4.90 Å². The lowest BCUT2D eigenvalue weighted by atomic mass is 9.97. The molecule has 0 bridgehead atoms. The summed E-state index contributed by atoms with van der Waals surface area (Å²) in [5.41, 5.74) is 7.15. The van der Waals surface area contributed by atoms with Crippen LogP contribution in [0, 0.1) is 0 Å². The number of halogens is 1. The summed E-state index contributed by atoms with van der Waals surface area (Å²) in [5.74, 6) is 0.963. The number of nitrogens with two attached hydrogens (primary N) is 1. The molecule has 0 spiro atoms. The zero-order chi connectivity index (χ0) is 15.4.